The normalized spacial score (nSPS) is 11.8. The van der Waals surface area contributed by atoms with Gasteiger partial charge < -0.3 is 11.1 Å². The van der Waals surface area contributed by atoms with E-state index in [1.807, 2.05) is 54.6 Å². The van der Waals surface area contributed by atoms with E-state index in [2.05, 4.69) is 10.3 Å². The van der Waals surface area contributed by atoms with Crippen molar-refractivity contribution in [2.24, 2.45) is 5.73 Å². The number of para-hydroxylation sites is 2. The fourth-order valence-corrected chi connectivity index (χ4v) is 2.99. The number of aromatic nitrogens is 1. The first-order chi connectivity index (χ1) is 12.6. The Labute approximate surface area is 150 Å². The van der Waals surface area contributed by atoms with Crippen molar-refractivity contribution in [3.63, 3.8) is 0 Å². The molecule has 0 aliphatic heterocycles. The predicted octanol–water partition coefficient (Wildman–Crippen LogP) is 2.67. The van der Waals surface area contributed by atoms with Crippen LogP contribution in [0.4, 0.5) is 0 Å². The number of nitrogens with zero attached hydrogens (tertiary/aromatic N) is 2. The standard InChI is InChI=1S/C20H18N4O2/c21-12-6-5-11-17(19(22)25)24-20(26)18-13-7-1-3-9-15(13)23-16-10-4-2-8-14(16)18/h1-4,7-10,17H,5-6,11H2,(H2,22,25)(H,24,26)/t17-/m0/s1. The Bertz CT molecular complexity index is 969. The van der Waals surface area contributed by atoms with Gasteiger partial charge in [-0.3, -0.25) is 9.59 Å². The monoisotopic (exact) mass is 346 g/mol. The maximum atomic E-state index is 13.0. The number of pyridine rings is 1. The molecule has 2 amide bonds. The number of carbonyl (C=O) groups is 2. The summed E-state index contributed by atoms with van der Waals surface area (Å²) in [5, 5.41) is 12.8. The predicted molar refractivity (Wildman–Crippen MR) is 99.2 cm³/mol. The minimum absolute atomic E-state index is 0.306. The SMILES string of the molecule is N#CCCC[C@H](NC(=O)c1c2ccccc2nc2ccccc12)C(N)=O. The van der Waals surface area contributed by atoms with E-state index < -0.39 is 11.9 Å². The molecular weight excluding hydrogens is 328 g/mol. The molecule has 2 aromatic carbocycles. The number of carbonyl (C=O) groups excluding carboxylic acids is 2. The Hall–Kier alpha value is -3.46. The van der Waals surface area contributed by atoms with E-state index in [0.717, 1.165) is 0 Å². The third kappa shape index (κ3) is 3.47. The van der Waals surface area contributed by atoms with Crippen LogP contribution in [-0.2, 0) is 4.79 Å². The van der Waals surface area contributed by atoms with Gasteiger partial charge in [0.05, 0.1) is 22.7 Å². The number of fused-ring (bicyclic) bond motifs is 2. The molecule has 0 aliphatic carbocycles. The summed E-state index contributed by atoms with van der Waals surface area (Å²) in [5.41, 5.74) is 7.30. The summed E-state index contributed by atoms with van der Waals surface area (Å²) in [7, 11) is 0. The van der Waals surface area contributed by atoms with E-state index in [1.54, 1.807) is 0 Å². The number of primary amides is 1. The molecule has 26 heavy (non-hydrogen) atoms. The van der Waals surface area contributed by atoms with E-state index in [4.69, 9.17) is 11.0 Å². The highest BCUT2D eigenvalue weighted by molar-refractivity contribution is 6.16. The maximum Gasteiger partial charge on any atom is 0.253 e. The molecule has 0 spiro atoms. The van der Waals surface area contributed by atoms with Crippen LogP contribution in [-0.4, -0.2) is 22.8 Å². The minimum atomic E-state index is -0.818. The molecule has 0 saturated heterocycles. The Morgan fingerprint density at radius 2 is 1.65 bits per heavy atom. The fraction of sp³-hybridized carbons (Fsp3) is 0.200. The van der Waals surface area contributed by atoms with Crippen LogP contribution in [0.3, 0.4) is 0 Å². The van der Waals surface area contributed by atoms with Crippen LogP contribution in [0.2, 0.25) is 0 Å². The molecular formula is C20H18N4O2. The molecule has 1 atom stereocenters. The Morgan fingerprint density at radius 1 is 1.08 bits per heavy atom. The molecule has 0 radical (unpaired) electrons. The molecule has 0 unspecified atom stereocenters. The van der Waals surface area contributed by atoms with E-state index in [-0.39, 0.29) is 5.91 Å². The number of nitrogens with two attached hydrogens (primary N) is 1. The zero-order valence-corrected chi connectivity index (χ0v) is 14.1. The molecule has 6 nitrogen and oxygen atoms in total. The summed E-state index contributed by atoms with van der Waals surface area (Å²) in [6.45, 7) is 0. The molecule has 0 saturated carbocycles. The summed E-state index contributed by atoms with van der Waals surface area (Å²) < 4.78 is 0. The van der Waals surface area contributed by atoms with Crippen molar-refractivity contribution in [3.05, 3.63) is 54.1 Å². The molecule has 0 bridgehead atoms. The zero-order chi connectivity index (χ0) is 18.5. The minimum Gasteiger partial charge on any atom is -0.368 e. The second-order valence-corrected chi connectivity index (χ2v) is 6.00. The molecule has 3 rings (SSSR count). The molecule has 0 aliphatic rings. The Balaban J connectivity index is 2.03. The van der Waals surface area contributed by atoms with Gasteiger partial charge in [0.15, 0.2) is 0 Å². The Morgan fingerprint density at radius 3 is 2.19 bits per heavy atom. The first-order valence-corrected chi connectivity index (χ1v) is 8.36. The number of nitriles is 1. The van der Waals surface area contributed by atoms with Crippen molar-refractivity contribution in [3.8, 4) is 6.07 Å². The van der Waals surface area contributed by atoms with Crippen molar-refractivity contribution in [1.82, 2.24) is 10.3 Å². The summed E-state index contributed by atoms with van der Waals surface area (Å²) in [4.78, 5) is 29.3. The van der Waals surface area contributed by atoms with Gasteiger partial charge in [-0.15, -0.1) is 0 Å². The van der Waals surface area contributed by atoms with E-state index in [0.29, 0.717) is 46.6 Å². The molecule has 130 valence electrons. The average molecular weight is 346 g/mol. The van der Waals surface area contributed by atoms with Crippen molar-refractivity contribution in [2.45, 2.75) is 25.3 Å². The lowest BCUT2D eigenvalue weighted by atomic mass is 10.0. The molecule has 0 fully saturated rings. The van der Waals surface area contributed by atoms with Gasteiger partial charge in [0.25, 0.3) is 5.91 Å². The van der Waals surface area contributed by atoms with Gasteiger partial charge in [-0.1, -0.05) is 36.4 Å². The highest BCUT2D eigenvalue weighted by Gasteiger charge is 2.22. The smallest absolute Gasteiger partial charge is 0.253 e. The highest BCUT2D eigenvalue weighted by atomic mass is 16.2. The van der Waals surface area contributed by atoms with Gasteiger partial charge in [-0.05, 0) is 25.0 Å². The highest BCUT2D eigenvalue weighted by Crippen LogP contribution is 2.26. The third-order valence-electron chi connectivity index (χ3n) is 4.24. The van der Waals surface area contributed by atoms with Crippen molar-refractivity contribution >= 4 is 33.6 Å². The fourth-order valence-electron chi connectivity index (χ4n) is 2.99. The molecule has 1 heterocycles. The van der Waals surface area contributed by atoms with Crippen LogP contribution in [0.15, 0.2) is 48.5 Å². The summed E-state index contributed by atoms with van der Waals surface area (Å²) >= 11 is 0. The van der Waals surface area contributed by atoms with Gasteiger partial charge in [-0.25, -0.2) is 4.98 Å². The lowest BCUT2D eigenvalue weighted by Gasteiger charge is -2.17. The number of rotatable bonds is 6. The second-order valence-electron chi connectivity index (χ2n) is 6.00. The van der Waals surface area contributed by atoms with Crippen LogP contribution in [0.1, 0.15) is 29.6 Å². The third-order valence-corrected chi connectivity index (χ3v) is 4.24. The van der Waals surface area contributed by atoms with Crippen LogP contribution in [0.25, 0.3) is 21.8 Å². The van der Waals surface area contributed by atoms with Crippen LogP contribution < -0.4 is 11.1 Å². The first-order valence-electron chi connectivity index (χ1n) is 8.36. The van der Waals surface area contributed by atoms with Crippen molar-refractivity contribution in [2.75, 3.05) is 0 Å². The number of unbranched alkanes of at least 4 members (excludes halogenated alkanes) is 1. The topological polar surface area (TPSA) is 109 Å². The van der Waals surface area contributed by atoms with Crippen molar-refractivity contribution < 1.29 is 9.59 Å². The largest absolute Gasteiger partial charge is 0.368 e. The first kappa shape index (κ1) is 17.4. The molecule has 6 heteroatoms. The quantitative estimate of drug-likeness (QED) is 0.528. The summed E-state index contributed by atoms with van der Waals surface area (Å²) in [6, 6.07) is 16.0. The molecule has 3 aromatic rings. The number of amides is 2. The van der Waals surface area contributed by atoms with E-state index in [1.165, 1.54) is 0 Å². The summed E-state index contributed by atoms with van der Waals surface area (Å²) in [5.74, 6) is -0.987. The van der Waals surface area contributed by atoms with E-state index >= 15 is 0 Å². The van der Waals surface area contributed by atoms with Crippen LogP contribution in [0, 0.1) is 11.3 Å². The number of hydrogen-bond donors (Lipinski definition) is 2. The number of benzene rings is 2. The van der Waals surface area contributed by atoms with Gasteiger partial charge in [-0.2, -0.15) is 5.26 Å². The lowest BCUT2D eigenvalue weighted by Crippen LogP contribution is -2.44. The lowest BCUT2D eigenvalue weighted by molar-refractivity contribution is -0.120. The van der Waals surface area contributed by atoms with Crippen molar-refractivity contribution in [1.29, 1.82) is 5.26 Å². The van der Waals surface area contributed by atoms with Crippen LogP contribution in [0.5, 0.6) is 0 Å². The molecule has 3 N–H and O–H groups in total. The van der Waals surface area contributed by atoms with Gasteiger partial charge in [0, 0.05) is 17.2 Å². The number of hydrogen-bond acceptors (Lipinski definition) is 4. The summed E-state index contributed by atoms with van der Waals surface area (Å²) in [6.07, 6.45) is 1.12. The maximum absolute atomic E-state index is 13.0. The Kier molecular flexibility index (Phi) is 5.09. The van der Waals surface area contributed by atoms with Crippen LogP contribution >= 0.6 is 0 Å². The molecule has 1 aromatic heterocycles. The van der Waals surface area contributed by atoms with Gasteiger partial charge in [0.1, 0.15) is 6.04 Å². The zero-order valence-electron chi connectivity index (χ0n) is 14.1. The second kappa shape index (κ2) is 7.62. The van der Waals surface area contributed by atoms with E-state index in [9.17, 15) is 9.59 Å². The van der Waals surface area contributed by atoms with Gasteiger partial charge >= 0.3 is 0 Å². The number of nitrogens with one attached hydrogen (secondary N) is 1. The average Bonchev–Trinajstić information content (AvgIpc) is 2.65. The van der Waals surface area contributed by atoms with Gasteiger partial charge in [0.2, 0.25) is 5.91 Å².